The van der Waals surface area contributed by atoms with Crippen molar-refractivity contribution in [2.24, 2.45) is 0 Å². The van der Waals surface area contributed by atoms with Crippen molar-refractivity contribution in [3.63, 3.8) is 0 Å². The molecule has 21 heavy (non-hydrogen) atoms. The molecule has 0 spiro atoms. The van der Waals surface area contributed by atoms with Gasteiger partial charge in [-0.25, -0.2) is 4.68 Å². The van der Waals surface area contributed by atoms with E-state index in [0.717, 1.165) is 16.9 Å². The zero-order valence-electron chi connectivity index (χ0n) is 12.6. The first kappa shape index (κ1) is 14.8. The Morgan fingerprint density at radius 3 is 2.86 bits per heavy atom. The molecule has 0 N–H and O–H groups in total. The maximum Gasteiger partial charge on any atom is 0.189 e. The van der Waals surface area contributed by atoms with E-state index in [1.54, 1.807) is 4.68 Å². The van der Waals surface area contributed by atoms with Crippen LogP contribution in [0.3, 0.4) is 0 Å². The molecular weight excluding hydrogens is 264 g/mol. The van der Waals surface area contributed by atoms with Crippen molar-refractivity contribution in [2.75, 3.05) is 0 Å². The summed E-state index contributed by atoms with van der Waals surface area (Å²) in [7, 11) is 0. The van der Waals surface area contributed by atoms with E-state index in [1.165, 1.54) is 5.56 Å². The third-order valence-electron chi connectivity index (χ3n) is 3.28. The third-order valence-corrected chi connectivity index (χ3v) is 3.28. The molecule has 0 atom stereocenters. The lowest BCUT2D eigenvalue weighted by Crippen LogP contribution is -2.10. The number of aryl methyl sites for hydroxylation is 1. The summed E-state index contributed by atoms with van der Waals surface area (Å²) >= 11 is 0. The normalized spacial score (nSPS) is 10.2. The number of hydrogen-bond donors (Lipinski definition) is 0. The lowest BCUT2D eigenvalue weighted by Gasteiger charge is -2.12. The van der Waals surface area contributed by atoms with Gasteiger partial charge in [0.2, 0.25) is 0 Å². The van der Waals surface area contributed by atoms with Crippen LogP contribution in [0.4, 0.5) is 0 Å². The molecule has 2 rings (SSSR count). The maximum absolute atomic E-state index is 9.12. The highest BCUT2D eigenvalue weighted by molar-refractivity contribution is 5.38. The Morgan fingerprint density at radius 2 is 2.19 bits per heavy atom. The molecule has 2 aromatic rings. The highest BCUT2D eigenvalue weighted by Crippen LogP contribution is 2.22. The molecule has 0 saturated carbocycles. The second-order valence-corrected chi connectivity index (χ2v) is 5.10. The van der Waals surface area contributed by atoms with Gasteiger partial charge in [-0.2, -0.15) is 5.26 Å². The van der Waals surface area contributed by atoms with Crippen LogP contribution in [0, 0.1) is 25.2 Å². The van der Waals surface area contributed by atoms with E-state index in [1.807, 2.05) is 45.0 Å². The van der Waals surface area contributed by atoms with Crippen molar-refractivity contribution < 1.29 is 4.74 Å². The van der Waals surface area contributed by atoms with Crippen LogP contribution < -0.4 is 4.74 Å². The largest absolute Gasteiger partial charge is 0.487 e. The zero-order chi connectivity index (χ0) is 15.4. The molecule has 5 heteroatoms. The molecule has 1 aromatic carbocycles. The van der Waals surface area contributed by atoms with Crippen LogP contribution in [0.2, 0.25) is 0 Å². The molecule has 0 radical (unpaired) electrons. The Hall–Kier alpha value is -2.61. The second-order valence-electron chi connectivity index (χ2n) is 5.10. The number of nitriles is 1. The van der Waals surface area contributed by atoms with Crippen molar-refractivity contribution in [3.8, 4) is 11.8 Å². The van der Waals surface area contributed by atoms with E-state index in [0.29, 0.717) is 17.9 Å². The standard InChI is InChI=1S/C16H18N4O/c1-11(2)9-20-15(14(8-17)18-19-20)10-21-16-7-5-6-12(3)13(16)4/h5-7H,1,9-10H2,2-4H3. The SMILES string of the molecule is C=C(C)Cn1nnc(C#N)c1COc1cccc(C)c1C. The van der Waals surface area contributed by atoms with Gasteiger partial charge in [0.05, 0.1) is 6.54 Å². The van der Waals surface area contributed by atoms with Crippen molar-refractivity contribution in [1.29, 1.82) is 5.26 Å². The van der Waals surface area contributed by atoms with E-state index in [9.17, 15) is 0 Å². The van der Waals surface area contributed by atoms with Gasteiger partial charge in [-0.3, -0.25) is 0 Å². The molecule has 1 aromatic heterocycles. The maximum atomic E-state index is 9.12. The second kappa shape index (κ2) is 6.23. The minimum Gasteiger partial charge on any atom is -0.487 e. The highest BCUT2D eigenvalue weighted by atomic mass is 16.5. The number of allylic oxidation sites excluding steroid dienone is 1. The number of ether oxygens (including phenoxy) is 1. The predicted octanol–water partition coefficient (Wildman–Crippen LogP) is 2.92. The van der Waals surface area contributed by atoms with Gasteiger partial charge >= 0.3 is 0 Å². The van der Waals surface area contributed by atoms with Crippen molar-refractivity contribution in [1.82, 2.24) is 15.0 Å². The topological polar surface area (TPSA) is 63.7 Å². The molecule has 5 nitrogen and oxygen atoms in total. The molecule has 1 heterocycles. The van der Waals surface area contributed by atoms with Crippen LogP contribution in [-0.4, -0.2) is 15.0 Å². The van der Waals surface area contributed by atoms with Gasteiger partial charge in [-0.1, -0.05) is 29.5 Å². The van der Waals surface area contributed by atoms with Gasteiger partial charge in [0.1, 0.15) is 24.1 Å². The lowest BCUT2D eigenvalue weighted by atomic mass is 10.1. The molecule has 108 valence electrons. The van der Waals surface area contributed by atoms with Gasteiger partial charge in [-0.15, -0.1) is 5.10 Å². The summed E-state index contributed by atoms with van der Waals surface area (Å²) < 4.78 is 7.50. The first-order valence-electron chi connectivity index (χ1n) is 6.68. The summed E-state index contributed by atoms with van der Waals surface area (Å²) in [5.74, 6) is 0.807. The monoisotopic (exact) mass is 282 g/mol. The fourth-order valence-corrected chi connectivity index (χ4v) is 1.97. The molecule has 0 saturated heterocycles. The minimum atomic E-state index is 0.257. The highest BCUT2D eigenvalue weighted by Gasteiger charge is 2.14. The minimum absolute atomic E-state index is 0.257. The molecule has 0 aliphatic rings. The fourth-order valence-electron chi connectivity index (χ4n) is 1.97. The summed E-state index contributed by atoms with van der Waals surface area (Å²) in [4.78, 5) is 0. The van der Waals surface area contributed by atoms with Crippen LogP contribution in [-0.2, 0) is 13.2 Å². The van der Waals surface area contributed by atoms with Crippen LogP contribution >= 0.6 is 0 Å². The molecular formula is C16H18N4O. The number of benzene rings is 1. The molecule has 0 aliphatic carbocycles. The lowest BCUT2D eigenvalue weighted by molar-refractivity contribution is 0.290. The summed E-state index contributed by atoms with van der Waals surface area (Å²) in [6, 6.07) is 7.95. The summed E-state index contributed by atoms with van der Waals surface area (Å²) in [6.45, 7) is 10.6. The van der Waals surface area contributed by atoms with Crippen LogP contribution in [0.5, 0.6) is 5.75 Å². The van der Waals surface area contributed by atoms with Gasteiger partial charge in [0.15, 0.2) is 5.69 Å². The zero-order valence-corrected chi connectivity index (χ0v) is 12.6. The number of nitrogens with zero attached hydrogens (tertiary/aromatic N) is 4. The first-order chi connectivity index (χ1) is 10.0. The average Bonchev–Trinajstić information content (AvgIpc) is 2.82. The van der Waals surface area contributed by atoms with E-state index >= 15 is 0 Å². The van der Waals surface area contributed by atoms with Crippen LogP contribution in [0.1, 0.15) is 29.4 Å². The Bertz CT molecular complexity index is 710. The van der Waals surface area contributed by atoms with E-state index < -0.39 is 0 Å². The van der Waals surface area contributed by atoms with Crippen LogP contribution in [0.15, 0.2) is 30.4 Å². The van der Waals surface area contributed by atoms with Crippen molar-refractivity contribution in [3.05, 3.63) is 52.9 Å². The molecule has 0 aliphatic heterocycles. The van der Waals surface area contributed by atoms with Crippen molar-refractivity contribution >= 4 is 0 Å². The summed E-state index contributed by atoms with van der Waals surface area (Å²) in [6.07, 6.45) is 0. The average molecular weight is 282 g/mol. The summed E-state index contributed by atoms with van der Waals surface area (Å²) in [5.41, 5.74) is 4.16. The van der Waals surface area contributed by atoms with Gasteiger partial charge in [0, 0.05) is 0 Å². The Kier molecular flexibility index (Phi) is 4.39. The third kappa shape index (κ3) is 3.29. The smallest absolute Gasteiger partial charge is 0.189 e. The number of aromatic nitrogens is 3. The molecule has 0 fully saturated rings. The van der Waals surface area contributed by atoms with Crippen molar-refractivity contribution in [2.45, 2.75) is 33.9 Å². The molecule has 0 amide bonds. The van der Waals surface area contributed by atoms with E-state index in [4.69, 9.17) is 10.00 Å². The van der Waals surface area contributed by atoms with Crippen LogP contribution in [0.25, 0.3) is 0 Å². The first-order valence-corrected chi connectivity index (χ1v) is 6.68. The molecule has 0 bridgehead atoms. The Balaban J connectivity index is 2.23. The predicted molar refractivity (Wildman–Crippen MR) is 79.8 cm³/mol. The fraction of sp³-hybridized carbons (Fsp3) is 0.312. The Morgan fingerprint density at radius 1 is 1.43 bits per heavy atom. The number of rotatable bonds is 5. The summed E-state index contributed by atoms with van der Waals surface area (Å²) in [5, 5.41) is 17.0. The molecule has 0 unspecified atom stereocenters. The van der Waals surface area contributed by atoms with Gasteiger partial charge < -0.3 is 4.74 Å². The van der Waals surface area contributed by atoms with E-state index in [-0.39, 0.29) is 6.61 Å². The van der Waals surface area contributed by atoms with E-state index in [2.05, 4.69) is 16.9 Å². The van der Waals surface area contributed by atoms with Gasteiger partial charge in [-0.05, 0) is 38.0 Å². The van der Waals surface area contributed by atoms with Gasteiger partial charge in [0.25, 0.3) is 0 Å². The number of hydrogen-bond acceptors (Lipinski definition) is 4. The Labute approximate surface area is 124 Å². The quantitative estimate of drug-likeness (QED) is 0.791.